The van der Waals surface area contributed by atoms with Crippen LogP contribution in [-0.4, -0.2) is 19.1 Å². The van der Waals surface area contributed by atoms with Crippen LogP contribution in [0.2, 0.25) is 0 Å². The molecular weight excluding hydrogens is 382 g/mol. The number of benzene rings is 2. The molecule has 0 unspecified atom stereocenters. The van der Waals surface area contributed by atoms with Gasteiger partial charge in [0.25, 0.3) is 5.91 Å². The Kier molecular flexibility index (Phi) is 7.31. The summed E-state index contributed by atoms with van der Waals surface area (Å²) in [7, 11) is 0. The molecule has 0 bridgehead atoms. The van der Waals surface area contributed by atoms with Crippen molar-refractivity contribution < 1.29 is 14.3 Å². The Morgan fingerprint density at radius 3 is 2.68 bits per heavy atom. The maximum Gasteiger partial charge on any atom is 0.262 e. The second kappa shape index (κ2) is 9.47. The molecule has 4 nitrogen and oxygen atoms in total. The van der Waals surface area contributed by atoms with E-state index in [0.29, 0.717) is 24.0 Å². The maximum absolute atomic E-state index is 12.1. The molecule has 0 aliphatic carbocycles. The van der Waals surface area contributed by atoms with Crippen LogP contribution >= 0.6 is 15.9 Å². The minimum Gasteiger partial charge on any atom is -0.494 e. The number of anilines is 1. The number of nitrogens with one attached hydrogen (secondary N) is 1. The highest BCUT2D eigenvalue weighted by Crippen LogP contribution is 2.25. The number of hydrogen-bond acceptors (Lipinski definition) is 3. The molecular formula is C20H24BrNO3. The zero-order chi connectivity index (χ0) is 18.2. The molecule has 0 atom stereocenters. The van der Waals surface area contributed by atoms with Gasteiger partial charge in [-0.1, -0.05) is 26.0 Å². The molecule has 1 amide bonds. The third kappa shape index (κ3) is 6.78. The first-order valence-electron chi connectivity index (χ1n) is 8.35. The second-order valence-corrected chi connectivity index (χ2v) is 7.18. The van der Waals surface area contributed by atoms with Gasteiger partial charge in [0.05, 0.1) is 11.1 Å². The molecule has 0 saturated heterocycles. The van der Waals surface area contributed by atoms with E-state index in [2.05, 4.69) is 35.1 Å². The summed E-state index contributed by atoms with van der Waals surface area (Å²) in [6, 6.07) is 13.1. The molecule has 0 spiro atoms. The van der Waals surface area contributed by atoms with Crippen LogP contribution in [0, 0.1) is 12.8 Å². The third-order valence-electron chi connectivity index (χ3n) is 3.53. The van der Waals surface area contributed by atoms with Crippen LogP contribution in [0.3, 0.4) is 0 Å². The van der Waals surface area contributed by atoms with Gasteiger partial charge in [-0.3, -0.25) is 4.79 Å². The average Bonchev–Trinajstić information content (AvgIpc) is 2.54. The molecule has 5 heteroatoms. The molecule has 2 rings (SSSR count). The van der Waals surface area contributed by atoms with E-state index in [1.807, 2.05) is 49.4 Å². The fraction of sp³-hybridized carbons (Fsp3) is 0.350. The van der Waals surface area contributed by atoms with Crippen molar-refractivity contribution in [2.75, 3.05) is 18.5 Å². The number of carbonyl (C=O) groups excluding carboxylic acids is 1. The number of carbonyl (C=O) groups is 1. The Balaban J connectivity index is 1.85. The van der Waals surface area contributed by atoms with Gasteiger partial charge in [0.2, 0.25) is 0 Å². The Morgan fingerprint density at radius 1 is 1.16 bits per heavy atom. The molecule has 0 fully saturated rings. The second-order valence-electron chi connectivity index (χ2n) is 6.33. The van der Waals surface area contributed by atoms with Crippen LogP contribution in [0.5, 0.6) is 11.5 Å². The zero-order valence-corrected chi connectivity index (χ0v) is 16.4. The number of rotatable bonds is 8. The normalized spacial score (nSPS) is 10.6. The number of ether oxygens (including phenoxy) is 2. The van der Waals surface area contributed by atoms with E-state index in [-0.39, 0.29) is 12.5 Å². The highest BCUT2D eigenvalue weighted by molar-refractivity contribution is 9.10. The van der Waals surface area contributed by atoms with Crippen LogP contribution in [0.4, 0.5) is 5.69 Å². The average molecular weight is 406 g/mol. The molecule has 0 radical (unpaired) electrons. The molecule has 1 N–H and O–H groups in total. The van der Waals surface area contributed by atoms with Gasteiger partial charge in [-0.25, -0.2) is 0 Å². The molecule has 0 aliphatic heterocycles. The molecule has 25 heavy (non-hydrogen) atoms. The molecule has 2 aromatic carbocycles. The first-order valence-corrected chi connectivity index (χ1v) is 9.15. The summed E-state index contributed by atoms with van der Waals surface area (Å²) >= 11 is 3.43. The van der Waals surface area contributed by atoms with Crippen LogP contribution in [0.15, 0.2) is 46.9 Å². The first kappa shape index (κ1) is 19.3. The Hall–Kier alpha value is -2.01. The van der Waals surface area contributed by atoms with Crippen molar-refractivity contribution in [1.82, 2.24) is 0 Å². The predicted octanol–water partition coefficient (Wildman–Crippen LogP) is 5.20. The monoisotopic (exact) mass is 405 g/mol. The number of hydrogen-bond donors (Lipinski definition) is 1. The summed E-state index contributed by atoms with van der Waals surface area (Å²) in [4.78, 5) is 12.1. The maximum atomic E-state index is 12.1. The van der Waals surface area contributed by atoms with Gasteiger partial charge in [0.15, 0.2) is 6.61 Å². The molecule has 2 aromatic rings. The van der Waals surface area contributed by atoms with Gasteiger partial charge in [-0.15, -0.1) is 0 Å². The van der Waals surface area contributed by atoms with E-state index in [4.69, 9.17) is 9.47 Å². The van der Waals surface area contributed by atoms with Crippen molar-refractivity contribution in [1.29, 1.82) is 0 Å². The van der Waals surface area contributed by atoms with Crippen molar-refractivity contribution in [2.45, 2.75) is 27.2 Å². The number of halogens is 1. The Bertz CT molecular complexity index is 716. The highest BCUT2D eigenvalue weighted by atomic mass is 79.9. The quantitative estimate of drug-likeness (QED) is 0.656. The Morgan fingerprint density at radius 2 is 1.96 bits per heavy atom. The fourth-order valence-electron chi connectivity index (χ4n) is 2.14. The fourth-order valence-corrected chi connectivity index (χ4v) is 2.75. The lowest BCUT2D eigenvalue weighted by Crippen LogP contribution is -2.20. The van der Waals surface area contributed by atoms with Crippen molar-refractivity contribution in [3.63, 3.8) is 0 Å². The molecule has 0 heterocycles. The van der Waals surface area contributed by atoms with Crippen molar-refractivity contribution >= 4 is 27.5 Å². The summed E-state index contributed by atoms with van der Waals surface area (Å²) in [6.07, 6.45) is 0.996. The van der Waals surface area contributed by atoms with E-state index >= 15 is 0 Å². The smallest absolute Gasteiger partial charge is 0.262 e. The van der Waals surface area contributed by atoms with Gasteiger partial charge < -0.3 is 14.8 Å². The van der Waals surface area contributed by atoms with E-state index in [1.54, 1.807) is 0 Å². The molecule has 0 aliphatic rings. The van der Waals surface area contributed by atoms with Gasteiger partial charge in [-0.2, -0.15) is 0 Å². The SMILES string of the molecule is Cc1ccc(OCC(=O)Nc2cccc(OCCC(C)C)c2)c(Br)c1. The van der Waals surface area contributed by atoms with Crippen LogP contribution in [0.1, 0.15) is 25.8 Å². The molecule has 134 valence electrons. The lowest BCUT2D eigenvalue weighted by molar-refractivity contribution is -0.118. The zero-order valence-electron chi connectivity index (χ0n) is 14.8. The molecule has 0 saturated carbocycles. The summed E-state index contributed by atoms with van der Waals surface area (Å²) in [5, 5.41) is 2.82. The number of amides is 1. The van der Waals surface area contributed by atoms with Crippen molar-refractivity contribution in [3.8, 4) is 11.5 Å². The standard InChI is InChI=1S/C20H24BrNO3/c1-14(2)9-10-24-17-6-4-5-16(12-17)22-20(23)13-25-19-8-7-15(3)11-18(19)21/h4-8,11-12,14H,9-10,13H2,1-3H3,(H,22,23). The molecule has 0 aromatic heterocycles. The predicted molar refractivity (Wildman–Crippen MR) is 104 cm³/mol. The lowest BCUT2D eigenvalue weighted by atomic mass is 10.1. The first-order chi connectivity index (χ1) is 11.9. The van der Waals surface area contributed by atoms with Crippen LogP contribution < -0.4 is 14.8 Å². The van der Waals surface area contributed by atoms with Gasteiger partial charge in [0, 0.05) is 11.8 Å². The topological polar surface area (TPSA) is 47.6 Å². The van der Waals surface area contributed by atoms with Gasteiger partial charge in [0.1, 0.15) is 11.5 Å². The van der Waals surface area contributed by atoms with Gasteiger partial charge in [-0.05, 0) is 65.0 Å². The van der Waals surface area contributed by atoms with Crippen molar-refractivity contribution in [3.05, 3.63) is 52.5 Å². The lowest BCUT2D eigenvalue weighted by Gasteiger charge is -2.11. The Labute approximate surface area is 157 Å². The summed E-state index contributed by atoms with van der Waals surface area (Å²) in [5.74, 6) is 1.78. The van der Waals surface area contributed by atoms with E-state index in [9.17, 15) is 4.79 Å². The summed E-state index contributed by atoms with van der Waals surface area (Å²) in [5.41, 5.74) is 1.82. The number of aryl methyl sites for hydroxylation is 1. The minimum absolute atomic E-state index is 0.0555. The largest absolute Gasteiger partial charge is 0.494 e. The summed E-state index contributed by atoms with van der Waals surface area (Å²) in [6.45, 7) is 6.93. The van der Waals surface area contributed by atoms with Crippen LogP contribution in [-0.2, 0) is 4.79 Å². The summed E-state index contributed by atoms with van der Waals surface area (Å²) < 4.78 is 12.1. The van der Waals surface area contributed by atoms with Gasteiger partial charge >= 0.3 is 0 Å². The van der Waals surface area contributed by atoms with E-state index in [1.165, 1.54) is 0 Å². The van der Waals surface area contributed by atoms with E-state index < -0.39 is 0 Å². The minimum atomic E-state index is -0.216. The highest BCUT2D eigenvalue weighted by Gasteiger charge is 2.07. The van der Waals surface area contributed by atoms with Crippen molar-refractivity contribution in [2.24, 2.45) is 5.92 Å². The third-order valence-corrected chi connectivity index (χ3v) is 4.15. The van der Waals surface area contributed by atoms with Crippen LogP contribution in [0.25, 0.3) is 0 Å². The van der Waals surface area contributed by atoms with E-state index in [0.717, 1.165) is 22.2 Å².